The van der Waals surface area contributed by atoms with Crippen LogP contribution in [0.3, 0.4) is 0 Å². The largest absolute Gasteiger partial charge is 0.361 e. The third kappa shape index (κ3) is 5.27. The Morgan fingerprint density at radius 3 is 2.84 bits per heavy atom. The fourth-order valence-electron chi connectivity index (χ4n) is 2.22. The Balaban J connectivity index is 1.72. The van der Waals surface area contributed by atoms with Gasteiger partial charge in [-0.05, 0) is 30.7 Å². The van der Waals surface area contributed by atoms with Gasteiger partial charge in [0, 0.05) is 18.3 Å². The lowest BCUT2D eigenvalue weighted by molar-refractivity contribution is 0.561. The number of benzene rings is 1. The monoisotopic (exact) mass is 276 g/mol. The second-order valence-electron chi connectivity index (χ2n) is 5.56. The molecule has 0 saturated carbocycles. The molecule has 1 N–H and O–H groups in total. The van der Waals surface area contributed by atoms with Crippen molar-refractivity contribution >= 4 is 16.9 Å². The van der Waals surface area contributed by atoms with Crippen LogP contribution in [-0.4, -0.2) is 23.5 Å². The van der Waals surface area contributed by atoms with Gasteiger partial charge in [0.2, 0.25) is 0 Å². The Hall–Kier alpha value is -0.960. The molecule has 1 aromatic carbocycles. The normalized spacial score (nSPS) is 21.0. The lowest BCUT2D eigenvalue weighted by Gasteiger charge is -2.09. The van der Waals surface area contributed by atoms with Gasteiger partial charge in [-0.3, -0.25) is 4.99 Å². The van der Waals surface area contributed by atoms with Crippen LogP contribution in [0.5, 0.6) is 0 Å². The second kappa shape index (κ2) is 7.59. The highest BCUT2D eigenvalue weighted by Crippen LogP contribution is 2.17. The van der Waals surface area contributed by atoms with Crippen molar-refractivity contribution in [2.45, 2.75) is 39.2 Å². The van der Waals surface area contributed by atoms with Gasteiger partial charge in [0.1, 0.15) is 0 Å². The molecule has 0 aromatic heterocycles. The molecule has 1 heterocycles. The summed E-state index contributed by atoms with van der Waals surface area (Å²) >= 11 is 1.87. The van der Waals surface area contributed by atoms with Crippen molar-refractivity contribution in [3.8, 4) is 0 Å². The number of nitrogens with one attached hydrogen (secondary N) is 1. The summed E-state index contributed by atoms with van der Waals surface area (Å²) in [5.41, 5.74) is 1.40. The van der Waals surface area contributed by atoms with Crippen LogP contribution >= 0.6 is 11.8 Å². The molecule has 1 aromatic rings. The van der Waals surface area contributed by atoms with Crippen LogP contribution in [-0.2, 0) is 6.42 Å². The van der Waals surface area contributed by atoms with Gasteiger partial charge in [0.25, 0.3) is 0 Å². The lowest BCUT2D eigenvalue weighted by Crippen LogP contribution is -2.29. The maximum atomic E-state index is 4.66. The number of thioether (sulfide) groups is 1. The van der Waals surface area contributed by atoms with Crippen LogP contribution < -0.4 is 5.32 Å². The Morgan fingerprint density at radius 2 is 2.11 bits per heavy atom. The minimum atomic E-state index is 0.538. The molecular weight excluding hydrogens is 252 g/mol. The van der Waals surface area contributed by atoms with Gasteiger partial charge >= 0.3 is 0 Å². The highest BCUT2D eigenvalue weighted by atomic mass is 32.2. The van der Waals surface area contributed by atoms with E-state index in [0.29, 0.717) is 6.04 Å². The van der Waals surface area contributed by atoms with Crippen molar-refractivity contribution in [1.82, 2.24) is 5.32 Å². The summed E-state index contributed by atoms with van der Waals surface area (Å²) in [6.45, 7) is 5.50. The van der Waals surface area contributed by atoms with Crippen LogP contribution in [0.15, 0.2) is 35.3 Å². The maximum absolute atomic E-state index is 4.66. The van der Waals surface area contributed by atoms with Crippen molar-refractivity contribution < 1.29 is 0 Å². The van der Waals surface area contributed by atoms with E-state index < -0.39 is 0 Å². The molecule has 1 fully saturated rings. The van der Waals surface area contributed by atoms with E-state index in [1.807, 2.05) is 11.8 Å². The van der Waals surface area contributed by atoms with Gasteiger partial charge in [-0.1, -0.05) is 55.9 Å². The van der Waals surface area contributed by atoms with E-state index in [0.717, 1.165) is 29.8 Å². The molecular formula is C16H24N2S. The molecule has 0 spiro atoms. The summed E-state index contributed by atoms with van der Waals surface area (Å²) in [5.74, 6) is 1.92. The van der Waals surface area contributed by atoms with Crippen LogP contribution in [0, 0.1) is 5.92 Å². The van der Waals surface area contributed by atoms with Crippen LogP contribution in [0.4, 0.5) is 0 Å². The molecule has 3 heteroatoms. The van der Waals surface area contributed by atoms with E-state index in [2.05, 4.69) is 54.5 Å². The third-order valence-corrected chi connectivity index (χ3v) is 4.36. The Kier molecular flexibility index (Phi) is 5.77. The molecule has 2 nitrogen and oxygen atoms in total. The molecule has 2 rings (SSSR count). The topological polar surface area (TPSA) is 24.4 Å². The Bertz CT molecular complexity index is 400. The minimum Gasteiger partial charge on any atom is -0.361 e. The number of aliphatic imine (C=N–C) groups is 1. The van der Waals surface area contributed by atoms with Crippen LogP contribution in [0.2, 0.25) is 0 Å². The van der Waals surface area contributed by atoms with Gasteiger partial charge < -0.3 is 5.32 Å². The summed E-state index contributed by atoms with van der Waals surface area (Å²) in [7, 11) is 0. The summed E-state index contributed by atoms with van der Waals surface area (Å²) in [6, 6.07) is 11.2. The third-order valence-electron chi connectivity index (χ3n) is 3.27. The van der Waals surface area contributed by atoms with Crippen molar-refractivity contribution in [1.29, 1.82) is 0 Å². The van der Waals surface area contributed by atoms with E-state index in [1.165, 1.54) is 18.4 Å². The molecule has 1 aliphatic heterocycles. The number of hydrogen-bond donors (Lipinski definition) is 1. The molecule has 0 radical (unpaired) electrons. The van der Waals surface area contributed by atoms with Crippen molar-refractivity contribution in [2.24, 2.45) is 10.9 Å². The smallest absolute Gasteiger partial charge is 0.156 e. The van der Waals surface area contributed by atoms with E-state index in [1.54, 1.807) is 0 Å². The van der Waals surface area contributed by atoms with Gasteiger partial charge in [0.15, 0.2) is 5.17 Å². The Morgan fingerprint density at radius 1 is 1.32 bits per heavy atom. The molecule has 1 unspecified atom stereocenters. The first-order chi connectivity index (χ1) is 9.24. The highest BCUT2D eigenvalue weighted by Gasteiger charge is 2.19. The van der Waals surface area contributed by atoms with Gasteiger partial charge in [-0.25, -0.2) is 0 Å². The first kappa shape index (κ1) is 14.4. The molecule has 19 heavy (non-hydrogen) atoms. The maximum Gasteiger partial charge on any atom is 0.156 e. The zero-order valence-electron chi connectivity index (χ0n) is 11.9. The zero-order valence-corrected chi connectivity index (χ0v) is 12.7. The quantitative estimate of drug-likeness (QED) is 0.801. The van der Waals surface area contributed by atoms with Crippen molar-refractivity contribution in [3.05, 3.63) is 35.9 Å². The van der Waals surface area contributed by atoms with Gasteiger partial charge in [-0.2, -0.15) is 0 Å². The van der Waals surface area contributed by atoms with Crippen LogP contribution in [0.1, 0.15) is 32.3 Å². The molecule has 0 aliphatic carbocycles. The first-order valence-corrected chi connectivity index (χ1v) is 8.20. The van der Waals surface area contributed by atoms with E-state index >= 15 is 0 Å². The summed E-state index contributed by atoms with van der Waals surface area (Å²) in [5, 5.41) is 4.68. The number of amidine groups is 1. The molecule has 1 atom stereocenters. The fraction of sp³-hybridized carbons (Fsp3) is 0.562. The first-order valence-electron chi connectivity index (χ1n) is 7.21. The summed E-state index contributed by atoms with van der Waals surface area (Å²) < 4.78 is 0. The molecule has 1 saturated heterocycles. The predicted molar refractivity (Wildman–Crippen MR) is 85.9 cm³/mol. The number of nitrogens with zero attached hydrogens (tertiary/aromatic N) is 1. The number of hydrogen-bond acceptors (Lipinski definition) is 2. The SMILES string of the molecule is CC(C)CCCN=C1NC(Cc2ccccc2)CS1. The highest BCUT2D eigenvalue weighted by molar-refractivity contribution is 8.14. The van der Waals surface area contributed by atoms with E-state index in [4.69, 9.17) is 0 Å². The molecule has 0 bridgehead atoms. The summed E-state index contributed by atoms with van der Waals surface area (Å²) in [6.07, 6.45) is 3.57. The predicted octanol–water partition coefficient (Wildman–Crippen LogP) is 3.73. The zero-order chi connectivity index (χ0) is 13.5. The van der Waals surface area contributed by atoms with E-state index in [9.17, 15) is 0 Å². The van der Waals surface area contributed by atoms with Gasteiger partial charge in [-0.15, -0.1) is 0 Å². The number of rotatable bonds is 6. The standard InChI is InChI=1S/C16H24N2S/c1-13(2)7-6-10-17-16-18-15(12-19-16)11-14-8-4-3-5-9-14/h3-5,8-9,13,15H,6-7,10-12H2,1-2H3,(H,17,18). The average molecular weight is 276 g/mol. The van der Waals surface area contributed by atoms with Crippen molar-refractivity contribution in [3.63, 3.8) is 0 Å². The van der Waals surface area contributed by atoms with Crippen LogP contribution in [0.25, 0.3) is 0 Å². The second-order valence-corrected chi connectivity index (χ2v) is 6.57. The average Bonchev–Trinajstić information content (AvgIpc) is 2.83. The molecule has 0 amide bonds. The van der Waals surface area contributed by atoms with Gasteiger partial charge in [0.05, 0.1) is 0 Å². The van der Waals surface area contributed by atoms with E-state index in [-0.39, 0.29) is 0 Å². The van der Waals surface area contributed by atoms with Crippen molar-refractivity contribution in [2.75, 3.05) is 12.3 Å². The fourth-order valence-corrected chi connectivity index (χ4v) is 3.21. The minimum absolute atomic E-state index is 0.538. The lowest BCUT2D eigenvalue weighted by atomic mass is 10.1. The Labute approximate surface area is 121 Å². The molecule has 1 aliphatic rings. The summed E-state index contributed by atoms with van der Waals surface area (Å²) in [4.78, 5) is 4.66. The molecule has 104 valence electrons.